The second-order valence-corrected chi connectivity index (χ2v) is 9.15. The molecule has 1 aliphatic heterocycles. The summed E-state index contributed by atoms with van der Waals surface area (Å²) in [6.45, 7) is 3.88. The molecular weight excluding hydrogens is 382 g/mol. The topological polar surface area (TPSA) is 99.5 Å². The molecule has 0 bridgehead atoms. The molecule has 1 N–H and O–H groups in total. The van der Waals surface area contributed by atoms with Gasteiger partial charge in [-0.25, -0.2) is 8.42 Å². The number of ether oxygens (including phenoxy) is 2. The van der Waals surface area contributed by atoms with Gasteiger partial charge in [0.2, 0.25) is 0 Å². The quantitative estimate of drug-likeness (QED) is 0.784. The summed E-state index contributed by atoms with van der Waals surface area (Å²) < 4.78 is 35.7. The number of aryl methyl sites for hydroxylation is 1. The molecule has 1 amide bonds. The molecule has 0 aliphatic carbocycles. The maximum atomic E-state index is 12.8. The second-order valence-electron chi connectivity index (χ2n) is 6.92. The number of rotatable bonds is 6. The molecular formula is C19H25N3O5S. The normalized spacial score (nSPS) is 18.1. The molecule has 2 aromatic rings. The van der Waals surface area contributed by atoms with Gasteiger partial charge in [-0.05, 0) is 38.0 Å². The number of sulfone groups is 1. The molecule has 1 unspecified atom stereocenters. The summed E-state index contributed by atoms with van der Waals surface area (Å²) in [6, 6.07) is 5.24. The van der Waals surface area contributed by atoms with E-state index in [0.717, 1.165) is 5.56 Å². The van der Waals surface area contributed by atoms with Gasteiger partial charge in [0.1, 0.15) is 0 Å². The number of nitrogens with one attached hydrogen (secondary N) is 1. The minimum Gasteiger partial charge on any atom is -0.493 e. The fourth-order valence-electron chi connectivity index (χ4n) is 3.58. The van der Waals surface area contributed by atoms with Gasteiger partial charge in [0.25, 0.3) is 5.91 Å². The minimum atomic E-state index is -3.03. The molecule has 28 heavy (non-hydrogen) atoms. The lowest BCUT2D eigenvalue weighted by atomic mass is 10.1. The van der Waals surface area contributed by atoms with Gasteiger partial charge in [0, 0.05) is 12.2 Å². The van der Waals surface area contributed by atoms with Crippen molar-refractivity contribution >= 4 is 15.7 Å². The van der Waals surface area contributed by atoms with Crippen LogP contribution < -0.4 is 14.8 Å². The third-order valence-corrected chi connectivity index (χ3v) is 6.76. The highest BCUT2D eigenvalue weighted by Crippen LogP contribution is 2.28. The predicted molar refractivity (Wildman–Crippen MR) is 105 cm³/mol. The third-order valence-electron chi connectivity index (χ3n) is 5.01. The number of hydrogen-bond donors (Lipinski definition) is 1. The van der Waals surface area contributed by atoms with Crippen molar-refractivity contribution in [3.05, 3.63) is 40.7 Å². The van der Waals surface area contributed by atoms with Crippen LogP contribution in [0.2, 0.25) is 0 Å². The molecule has 9 heteroatoms. The molecule has 1 fully saturated rings. The van der Waals surface area contributed by atoms with Crippen LogP contribution in [0.3, 0.4) is 0 Å². The summed E-state index contributed by atoms with van der Waals surface area (Å²) in [5, 5.41) is 7.34. The highest BCUT2D eigenvalue weighted by Gasteiger charge is 2.32. The van der Waals surface area contributed by atoms with Crippen LogP contribution in [0.4, 0.5) is 0 Å². The van der Waals surface area contributed by atoms with E-state index in [0.29, 0.717) is 41.4 Å². The van der Waals surface area contributed by atoms with Crippen molar-refractivity contribution < 1.29 is 22.7 Å². The van der Waals surface area contributed by atoms with Gasteiger partial charge < -0.3 is 14.8 Å². The van der Waals surface area contributed by atoms with Crippen molar-refractivity contribution in [1.82, 2.24) is 15.1 Å². The standard InChI is InChI=1S/C19H25N3O5S/c1-12-18(13(2)22(21-12)15-7-8-28(24,25)11-15)19(23)20-10-14-5-6-16(26-3)17(9-14)27-4/h5-6,9,15H,7-8,10-11H2,1-4H3,(H,20,23). The van der Waals surface area contributed by atoms with Gasteiger partial charge in [-0.3, -0.25) is 9.48 Å². The Hall–Kier alpha value is -2.55. The van der Waals surface area contributed by atoms with E-state index in [9.17, 15) is 13.2 Å². The Morgan fingerprint density at radius 2 is 1.96 bits per heavy atom. The summed E-state index contributed by atoms with van der Waals surface area (Å²) in [6.07, 6.45) is 0.525. The van der Waals surface area contributed by atoms with E-state index in [1.165, 1.54) is 0 Å². The maximum Gasteiger partial charge on any atom is 0.255 e. The first-order valence-electron chi connectivity index (χ1n) is 9.01. The van der Waals surface area contributed by atoms with Crippen molar-refractivity contribution in [3.8, 4) is 11.5 Å². The van der Waals surface area contributed by atoms with Crippen molar-refractivity contribution in [2.45, 2.75) is 32.9 Å². The lowest BCUT2D eigenvalue weighted by Crippen LogP contribution is -2.24. The van der Waals surface area contributed by atoms with Gasteiger partial charge in [-0.2, -0.15) is 5.10 Å². The molecule has 0 saturated carbocycles. The van der Waals surface area contributed by atoms with Gasteiger partial charge in [-0.1, -0.05) is 6.07 Å². The van der Waals surface area contributed by atoms with E-state index in [2.05, 4.69) is 10.4 Å². The fourth-order valence-corrected chi connectivity index (χ4v) is 5.27. The van der Waals surface area contributed by atoms with Gasteiger partial charge in [0.15, 0.2) is 21.3 Å². The zero-order valence-corrected chi connectivity index (χ0v) is 17.3. The first kappa shape index (κ1) is 20.2. The second kappa shape index (κ2) is 7.83. The summed E-state index contributed by atoms with van der Waals surface area (Å²) in [5.41, 5.74) is 2.64. The molecule has 8 nitrogen and oxygen atoms in total. The summed E-state index contributed by atoms with van der Waals surface area (Å²) in [7, 11) is 0.101. The highest BCUT2D eigenvalue weighted by atomic mass is 32.2. The number of hydrogen-bond acceptors (Lipinski definition) is 6. The largest absolute Gasteiger partial charge is 0.493 e. The van der Waals surface area contributed by atoms with Gasteiger partial charge >= 0.3 is 0 Å². The van der Waals surface area contributed by atoms with Crippen LogP contribution in [0.25, 0.3) is 0 Å². The van der Waals surface area contributed by atoms with E-state index in [1.54, 1.807) is 38.8 Å². The molecule has 0 spiro atoms. The van der Waals surface area contributed by atoms with E-state index >= 15 is 0 Å². The van der Waals surface area contributed by atoms with E-state index in [1.807, 2.05) is 12.1 Å². The number of nitrogens with zero attached hydrogens (tertiary/aromatic N) is 2. The monoisotopic (exact) mass is 407 g/mol. The zero-order chi connectivity index (χ0) is 20.5. The van der Waals surface area contributed by atoms with Crippen LogP contribution in [-0.2, 0) is 16.4 Å². The van der Waals surface area contributed by atoms with Gasteiger partial charge in [0.05, 0.1) is 43.0 Å². The summed E-state index contributed by atoms with van der Waals surface area (Å²) >= 11 is 0. The third kappa shape index (κ3) is 3.99. The highest BCUT2D eigenvalue weighted by molar-refractivity contribution is 7.91. The fraction of sp³-hybridized carbons (Fsp3) is 0.474. The van der Waals surface area contributed by atoms with Crippen molar-refractivity contribution in [2.75, 3.05) is 25.7 Å². The molecule has 1 atom stereocenters. The SMILES string of the molecule is COc1ccc(CNC(=O)c2c(C)nn(C3CCS(=O)(=O)C3)c2C)cc1OC. The Kier molecular flexibility index (Phi) is 5.64. The number of amides is 1. The number of carbonyl (C=O) groups excluding carboxylic acids is 1. The molecule has 1 aromatic heterocycles. The van der Waals surface area contributed by atoms with Crippen molar-refractivity contribution in [1.29, 1.82) is 0 Å². The molecule has 1 aromatic carbocycles. The van der Waals surface area contributed by atoms with E-state index in [4.69, 9.17) is 9.47 Å². The van der Waals surface area contributed by atoms with Gasteiger partial charge in [-0.15, -0.1) is 0 Å². The number of carbonyl (C=O) groups is 1. The van der Waals surface area contributed by atoms with Crippen LogP contribution in [0.1, 0.15) is 39.8 Å². The number of methoxy groups -OCH3 is 2. The lowest BCUT2D eigenvalue weighted by molar-refractivity contribution is 0.0949. The Labute approximate surface area is 164 Å². The minimum absolute atomic E-state index is 0.0711. The molecule has 1 aliphatic rings. The van der Waals surface area contributed by atoms with Crippen LogP contribution in [0.5, 0.6) is 11.5 Å². The zero-order valence-electron chi connectivity index (χ0n) is 16.5. The first-order chi connectivity index (χ1) is 13.3. The first-order valence-corrected chi connectivity index (χ1v) is 10.8. The Morgan fingerprint density at radius 3 is 2.57 bits per heavy atom. The molecule has 152 valence electrons. The Morgan fingerprint density at radius 1 is 1.25 bits per heavy atom. The average molecular weight is 407 g/mol. The van der Waals surface area contributed by atoms with Crippen molar-refractivity contribution in [3.63, 3.8) is 0 Å². The molecule has 3 rings (SSSR count). The lowest BCUT2D eigenvalue weighted by Gasteiger charge is -2.12. The van der Waals surface area contributed by atoms with Crippen molar-refractivity contribution in [2.24, 2.45) is 0 Å². The van der Waals surface area contributed by atoms with Crippen LogP contribution >= 0.6 is 0 Å². The summed E-state index contributed by atoms with van der Waals surface area (Å²) in [5.74, 6) is 1.21. The summed E-state index contributed by atoms with van der Waals surface area (Å²) in [4.78, 5) is 12.8. The number of aromatic nitrogens is 2. The molecule has 1 saturated heterocycles. The Bertz CT molecular complexity index is 997. The average Bonchev–Trinajstić information content (AvgIpc) is 3.17. The van der Waals surface area contributed by atoms with E-state index in [-0.39, 0.29) is 23.5 Å². The molecule has 2 heterocycles. The maximum absolute atomic E-state index is 12.8. The molecule has 0 radical (unpaired) electrons. The van der Waals surface area contributed by atoms with Crippen LogP contribution in [0, 0.1) is 13.8 Å². The van der Waals surface area contributed by atoms with Crippen LogP contribution in [0.15, 0.2) is 18.2 Å². The number of benzene rings is 1. The van der Waals surface area contributed by atoms with Crippen LogP contribution in [-0.4, -0.2) is 49.8 Å². The Balaban J connectivity index is 1.75. The smallest absolute Gasteiger partial charge is 0.255 e. The van der Waals surface area contributed by atoms with E-state index < -0.39 is 9.84 Å². The predicted octanol–water partition coefficient (Wildman–Crippen LogP) is 1.81.